The first-order valence-corrected chi connectivity index (χ1v) is 5.95. The van der Waals surface area contributed by atoms with Gasteiger partial charge in [-0.3, -0.25) is 0 Å². The average Bonchev–Trinajstić information content (AvgIpc) is 2.39. The maximum atomic E-state index is 12.7. The molecule has 0 atom stereocenters. The van der Waals surface area contributed by atoms with Crippen LogP contribution in [0.2, 0.25) is 0 Å². The Bertz CT molecular complexity index is 419. The molecule has 0 aromatic carbocycles. The lowest BCUT2D eigenvalue weighted by Crippen LogP contribution is -2.31. The smallest absolute Gasteiger partial charge is 0.383 e. The Morgan fingerprint density at radius 3 is 2.20 bits per heavy atom. The average molecular weight is 293 g/mol. The van der Waals surface area contributed by atoms with Gasteiger partial charge in [-0.05, 0) is 6.07 Å². The Balaban J connectivity index is 3.03. The van der Waals surface area contributed by atoms with E-state index in [-0.39, 0.29) is 11.5 Å². The largest absolute Gasteiger partial charge is 0.417 e. The Hall–Kier alpha value is -1.54. The molecule has 1 aromatic heterocycles. The summed E-state index contributed by atoms with van der Waals surface area (Å²) >= 11 is 0. The monoisotopic (exact) mass is 293 g/mol. The second kappa shape index (κ2) is 7.30. The summed E-state index contributed by atoms with van der Waals surface area (Å²) in [4.78, 5) is 5.27. The van der Waals surface area contributed by atoms with Crippen molar-refractivity contribution in [3.05, 3.63) is 17.8 Å². The Labute approximate surface area is 115 Å². The standard InChI is InChI=1S/C12H18F3N3O2/c1-19-5-3-18(4-6-20-2)10-7-9(12(13,14)15)8-17-11(10)16/h7-8H,3-6H2,1-2H3,(H2,16,17). The summed E-state index contributed by atoms with van der Waals surface area (Å²) in [5.41, 5.74) is 5.07. The fourth-order valence-corrected chi connectivity index (χ4v) is 1.63. The van der Waals surface area contributed by atoms with Crippen LogP contribution in [0.4, 0.5) is 24.7 Å². The van der Waals surface area contributed by atoms with E-state index in [1.807, 2.05) is 0 Å². The fraction of sp³-hybridized carbons (Fsp3) is 0.583. The van der Waals surface area contributed by atoms with E-state index < -0.39 is 11.7 Å². The highest BCUT2D eigenvalue weighted by molar-refractivity contribution is 5.64. The van der Waals surface area contributed by atoms with Crippen molar-refractivity contribution in [3.63, 3.8) is 0 Å². The summed E-state index contributed by atoms with van der Waals surface area (Å²) in [6.45, 7) is 1.51. The molecule has 0 saturated carbocycles. The number of nitrogens with zero attached hydrogens (tertiary/aromatic N) is 2. The van der Waals surface area contributed by atoms with Gasteiger partial charge in [-0.2, -0.15) is 13.2 Å². The molecule has 1 aromatic rings. The molecule has 0 fully saturated rings. The molecule has 0 bridgehead atoms. The van der Waals surface area contributed by atoms with Gasteiger partial charge in [0.2, 0.25) is 0 Å². The molecule has 20 heavy (non-hydrogen) atoms. The van der Waals surface area contributed by atoms with Gasteiger partial charge in [0.1, 0.15) is 5.82 Å². The molecule has 0 spiro atoms. The van der Waals surface area contributed by atoms with E-state index in [9.17, 15) is 13.2 Å². The number of anilines is 2. The van der Waals surface area contributed by atoms with Crippen LogP contribution < -0.4 is 10.6 Å². The second-order valence-electron chi connectivity index (χ2n) is 4.10. The van der Waals surface area contributed by atoms with E-state index in [1.54, 1.807) is 4.90 Å². The first kappa shape index (κ1) is 16.5. The van der Waals surface area contributed by atoms with E-state index in [1.165, 1.54) is 14.2 Å². The molecule has 5 nitrogen and oxygen atoms in total. The fourth-order valence-electron chi connectivity index (χ4n) is 1.63. The minimum absolute atomic E-state index is 0.0465. The van der Waals surface area contributed by atoms with Gasteiger partial charge in [-0.25, -0.2) is 4.98 Å². The molecule has 0 radical (unpaired) electrons. The van der Waals surface area contributed by atoms with Crippen molar-refractivity contribution < 1.29 is 22.6 Å². The SMILES string of the molecule is COCCN(CCOC)c1cc(C(F)(F)F)cnc1N. The zero-order valence-electron chi connectivity index (χ0n) is 11.4. The first-order chi connectivity index (χ1) is 9.40. The number of nitrogen functional groups attached to an aromatic ring is 1. The van der Waals surface area contributed by atoms with Gasteiger partial charge in [0, 0.05) is 33.5 Å². The van der Waals surface area contributed by atoms with Crippen LogP contribution in [-0.2, 0) is 15.7 Å². The number of methoxy groups -OCH3 is 2. The van der Waals surface area contributed by atoms with Crippen molar-refractivity contribution in [2.45, 2.75) is 6.18 Å². The summed E-state index contributed by atoms with van der Waals surface area (Å²) < 4.78 is 48.0. The van der Waals surface area contributed by atoms with Crippen LogP contribution in [0.5, 0.6) is 0 Å². The number of hydrogen-bond acceptors (Lipinski definition) is 5. The van der Waals surface area contributed by atoms with Gasteiger partial charge in [0.05, 0.1) is 24.5 Å². The van der Waals surface area contributed by atoms with E-state index in [2.05, 4.69) is 4.98 Å². The molecule has 0 saturated heterocycles. The van der Waals surface area contributed by atoms with Crippen LogP contribution in [0.3, 0.4) is 0 Å². The number of nitrogens with two attached hydrogens (primary N) is 1. The lowest BCUT2D eigenvalue weighted by molar-refractivity contribution is -0.137. The van der Waals surface area contributed by atoms with Gasteiger partial charge >= 0.3 is 6.18 Å². The molecule has 2 N–H and O–H groups in total. The third kappa shape index (κ3) is 4.53. The third-order valence-corrected chi connectivity index (χ3v) is 2.70. The molecule has 114 valence electrons. The molecular formula is C12H18F3N3O2. The van der Waals surface area contributed by atoms with Crippen molar-refractivity contribution in [2.24, 2.45) is 0 Å². The summed E-state index contributed by atoms with van der Waals surface area (Å²) in [5, 5.41) is 0. The van der Waals surface area contributed by atoms with Crippen molar-refractivity contribution in [1.29, 1.82) is 0 Å². The minimum atomic E-state index is -4.45. The second-order valence-corrected chi connectivity index (χ2v) is 4.10. The Morgan fingerprint density at radius 2 is 1.75 bits per heavy atom. The third-order valence-electron chi connectivity index (χ3n) is 2.70. The van der Waals surface area contributed by atoms with Crippen molar-refractivity contribution in [1.82, 2.24) is 4.98 Å². The maximum Gasteiger partial charge on any atom is 0.417 e. The number of aromatic nitrogens is 1. The van der Waals surface area contributed by atoms with Crippen molar-refractivity contribution in [3.8, 4) is 0 Å². The normalized spacial score (nSPS) is 11.7. The van der Waals surface area contributed by atoms with Crippen LogP contribution in [0.1, 0.15) is 5.56 Å². The van der Waals surface area contributed by atoms with Crippen LogP contribution in [0, 0.1) is 0 Å². The van der Waals surface area contributed by atoms with E-state index in [0.717, 1.165) is 12.3 Å². The van der Waals surface area contributed by atoms with Crippen molar-refractivity contribution >= 4 is 11.5 Å². The van der Waals surface area contributed by atoms with Gasteiger partial charge in [0.15, 0.2) is 0 Å². The lowest BCUT2D eigenvalue weighted by Gasteiger charge is -2.25. The zero-order chi connectivity index (χ0) is 15.2. The van der Waals surface area contributed by atoms with E-state index in [4.69, 9.17) is 15.2 Å². The summed E-state index contributed by atoms with van der Waals surface area (Å²) in [6.07, 6.45) is -3.73. The molecule has 0 aliphatic carbocycles. The van der Waals surface area contributed by atoms with Crippen LogP contribution in [-0.4, -0.2) is 45.5 Å². The molecular weight excluding hydrogens is 275 g/mol. The van der Waals surface area contributed by atoms with Crippen LogP contribution in [0.25, 0.3) is 0 Å². The number of halogens is 3. The number of ether oxygens (including phenoxy) is 2. The van der Waals surface area contributed by atoms with Crippen LogP contribution >= 0.6 is 0 Å². The highest BCUT2D eigenvalue weighted by Crippen LogP contribution is 2.33. The molecule has 0 aliphatic rings. The highest BCUT2D eigenvalue weighted by atomic mass is 19.4. The number of alkyl halides is 3. The number of hydrogen-bond donors (Lipinski definition) is 1. The van der Waals surface area contributed by atoms with Crippen molar-refractivity contribution in [2.75, 3.05) is 51.2 Å². The molecule has 1 heterocycles. The molecule has 0 unspecified atom stereocenters. The van der Waals surface area contributed by atoms with Gasteiger partial charge < -0.3 is 20.1 Å². The summed E-state index contributed by atoms with van der Waals surface area (Å²) in [6, 6.07) is 0.994. The molecule has 1 rings (SSSR count). The molecule has 0 aliphatic heterocycles. The molecule has 8 heteroatoms. The van der Waals surface area contributed by atoms with Gasteiger partial charge in [0.25, 0.3) is 0 Å². The minimum Gasteiger partial charge on any atom is -0.383 e. The number of pyridine rings is 1. The molecule has 0 amide bonds. The topological polar surface area (TPSA) is 60.6 Å². The predicted octanol–water partition coefficient (Wildman–Crippen LogP) is 1.78. The lowest BCUT2D eigenvalue weighted by atomic mass is 10.2. The number of rotatable bonds is 7. The quantitative estimate of drug-likeness (QED) is 0.830. The Morgan fingerprint density at radius 1 is 1.20 bits per heavy atom. The van der Waals surface area contributed by atoms with Gasteiger partial charge in [-0.1, -0.05) is 0 Å². The van der Waals surface area contributed by atoms with Crippen LogP contribution in [0.15, 0.2) is 12.3 Å². The first-order valence-electron chi connectivity index (χ1n) is 5.95. The summed E-state index contributed by atoms with van der Waals surface area (Å²) in [7, 11) is 3.03. The predicted molar refractivity (Wildman–Crippen MR) is 69.6 cm³/mol. The zero-order valence-corrected chi connectivity index (χ0v) is 11.4. The maximum absolute atomic E-state index is 12.7. The highest BCUT2D eigenvalue weighted by Gasteiger charge is 2.32. The van der Waals surface area contributed by atoms with E-state index in [0.29, 0.717) is 26.3 Å². The van der Waals surface area contributed by atoms with E-state index >= 15 is 0 Å². The van der Waals surface area contributed by atoms with Gasteiger partial charge in [-0.15, -0.1) is 0 Å². The summed E-state index contributed by atoms with van der Waals surface area (Å²) in [5.74, 6) is 0.0465. The Kier molecular flexibility index (Phi) is 6.03.